The summed E-state index contributed by atoms with van der Waals surface area (Å²) in [6.45, 7) is 8.60. The fourth-order valence-corrected chi connectivity index (χ4v) is 4.82. The molecule has 1 N–H and O–H groups in total. The van der Waals surface area contributed by atoms with E-state index >= 15 is 0 Å². The quantitative estimate of drug-likeness (QED) is 0.608. The van der Waals surface area contributed by atoms with E-state index < -0.39 is 0 Å². The summed E-state index contributed by atoms with van der Waals surface area (Å²) in [5.41, 5.74) is 3.66. The number of aryl methyl sites for hydroxylation is 1. The van der Waals surface area contributed by atoms with Gasteiger partial charge in [0.2, 0.25) is 5.91 Å². The number of thiazole rings is 1. The van der Waals surface area contributed by atoms with Gasteiger partial charge in [-0.25, -0.2) is 9.78 Å². The first-order chi connectivity index (χ1) is 14.4. The Kier molecular flexibility index (Phi) is 6.01. The Morgan fingerprint density at radius 2 is 2.20 bits per heavy atom. The monoisotopic (exact) mass is 425 g/mol. The minimum atomic E-state index is -0.329. The van der Waals surface area contributed by atoms with Crippen molar-refractivity contribution in [2.75, 3.05) is 18.4 Å². The van der Waals surface area contributed by atoms with Gasteiger partial charge in [-0.05, 0) is 61.1 Å². The molecule has 0 radical (unpaired) electrons. The summed E-state index contributed by atoms with van der Waals surface area (Å²) in [4.78, 5) is 31.2. The van der Waals surface area contributed by atoms with Gasteiger partial charge in [-0.3, -0.25) is 9.69 Å². The molecule has 1 fully saturated rings. The van der Waals surface area contributed by atoms with Crippen LogP contribution in [0.4, 0.5) is 5.13 Å². The second-order valence-electron chi connectivity index (χ2n) is 8.35. The molecule has 1 amide bonds. The number of anilines is 1. The van der Waals surface area contributed by atoms with Crippen molar-refractivity contribution < 1.29 is 9.21 Å². The third kappa shape index (κ3) is 4.47. The number of amides is 1. The van der Waals surface area contributed by atoms with Crippen molar-refractivity contribution in [3.05, 3.63) is 56.9 Å². The van der Waals surface area contributed by atoms with Crippen LogP contribution in [0.3, 0.4) is 0 Å². The van der Waals surface area contributed by atoms with E-state index in [1.54, 1.807) is 12.3 Å². The van der Waals surface area contributed by atoms with Crippen LogP contribution in [0.1, 0.15) is 49.3 Å². The molecular weight excluding hydrogens is 398 g/mol. The van der Waals surface area contributed by atoms with Crippen molar-refractivity contribution in [3.8, 4) is 0 Å². The van der Waals surface area contributed by atoms with Crippen LogP contribution >= 0.6 is 11.3 Å². The molecule has 1 saturated heterocycles. The molecule has 0 unspecified atom stereocenters. The molecule has 2 aromatic heterocycles. The minimum Gasteiger partial charge on any atom is -0.423 e. The van der Waals surface area contributed by atoms with E-state index in [-0.39, 0.29) is 17.5 Å². The number of hydrogen-bond acceptors (Lipinski definition) is 6. The van der Waals surface area contributed by atoms with Crippen molar-refractivity contribution in [2.24, 2.45) is 5.92 Å². The molecule has 0 saturated carbocycles. The van der Waals surface area contributed by atoms with Gasteiger partial charge in [-0.1, -0.05) is 13.8 Å². The molecule has 3 heterocycles. The summed E-state index contributed by atoms with van der Waals surface area (Å²) in [5, 5.41) is 6.39. The Labute approximate surface area is 179 Å². The molecule has 0 aliphatic carbocycles. The Morgan fingerprint density at radius 1 is 1.37 bits per heavy atom. The zero-order valence-corrected chi connectivity index (χ0v) is 18.4. The van der Waals surface area contributed by atoms with E-state index in [9.17, 15) is 9.59 Å². The molecule has 0 bridgehead atoms. The number of carbonyl (C=O) groups excluding carboxylic acids is 1. The van der Waals surface area contributed by atoms with Gasteiger partial charge in [0, 0.05) is 36.1 Å². The summed E-state index contributed by atoms with van der Waals surface area (Å²) in [6, 6.07) is 5.72. The number of carbonyl (C=O) groups is 1. The lowest BCUT2D eigenvalue weighted by Gasteiger charge is -2.32. The Bertz CT molecular complexity index is 1100. The summed E-state index contributed by atoms with van der Waals surface area (Å²) in [7, 11) is 0. The molecule has 4 rings (SSSR count). The fourth-order valence-electron chi connectivity index (χ4n) is 4.29. The highest BCUT2D eigenvalue weighted by Crippen LogP contribution is 2.28. The number of nitrogens with one attached hydrogen (secondary N) is 1. The first kappa shape index (κ1) is 20.8. The highest BCUT2D eigenvalue weighted by Gasteiger charge is 2.27. The van der Waals surface area contributed by atoms with Gasteiger partial charge in [0.05, 0.1) is 5.92 Å². The number of benzene rings is 1. The van der Waals surface area contributed by atoms with E-state index in [0.29, 0.717) is 29.7 Å². The lowest BCUT2D eigenvalue weighted by molar-refractivity contribution is -0.121. The topological polar surface area (TPSA) is 75.4 Å². The Balaban J connectivity index is 1.56. The number of hydrogen-bond donors (Lipinski definition) is 1. The van der Waals surface area contributed by atoms with Gasteiger partial charge in [0.1, 0.15) is 5.58 Å². The summed E-state index contributed by atoms with van der Waals surface area (Å²) in [5.74, 6) is 0.329. The zero-order valence-electron chi connectivity index (χ0n) is 17.6. The summed E-state index contributed by atoms with van der Waals surface area (Å²) < 4.78 is 5.48. The minimum absolute atomic E-state index is 0.0183. The van der Waals surface area contributed by atoms with Crippen LogP contribution in [-0.4, -0.2) is 28.9 Å². The summed E-state index contributed by atoms with van der Waals surface area (Å²) >= 11 is 1.42. The van der Waals surface area contributed by atoms with Crippen LogP contribution in [0.15, 0.2) is 39.0 Å². The molecule has 1 aliphatic heterocycles. The Morgan fingerprint density at radius 3 is 2.93 bits per heavy atom. The number of likely N-dealkylation sites (tertiary alicyclic amines) is 1. The van der Waals surface area contributed by atoms with Crippen molar-refractivity contribution in [1.82, 2.24) is 9.88 Å². The molecule has 6 nitrogen and oxygen atoms in total. The van der Waals surface area contributed by atoms with Crippen molar-refractivity contribution in [1.29, 1.82) is 0 Å². The Hall–Kier alpha value is -2.51. The molecule has 7 heteroatoms. The van der Waals surface area contributed by atoms with E-state index in [1.165, 1.54) is 16.9 Å². The third-order valence-electron chi connectivity index (χ3n) is 5.77. The number of nitrogens with zero attached hydrogens (tertiary/aromatic N) is 2. The maximum atomic E-state index is 12.7. The average Bonchev–Trinajstić information content (AvgIpc) is 3.20. The molecule has 30 heavy (non-hydrogen) atoms. The first-order valence-electron chi connectivity index (χ1n) is 10.4. The van der Waals surface area contributed by atoms with Crippen molar-refractivity contribution >= 4 is 33.3 Å². The van der Waals surface area contributed by atoms with Crippen LogP contribution < -0.4 is 10.9 Å². The zero-order chi connectivity index (χ0) is 21.3. The molecule has 158 valence electrons. The average molecular weight is 426 g/mol. The van der Waals surface area contributed by atoms with Crippen molar-refractivity contribution in [3.63, 3.8) is 0 Å². The molecule has 1 aromatic carbocycles. The van der Waals surface area contributed by atoms with Crippen LogP contribution in [0.25, 0.3) is 11.0 Å². The first-order valence-corrected chi connectivity index (χ1v) is 11.3. The van der Waals surface area contributed by atoms with Crippen LogP contribution in [0.5, 0.6) is 0 Å². The SMILES string of the molecule is Cc1cc2oc(=O)cc(CN3CCC[C@@H](C(=O)Nc4nccs4)C3)c2cc1C(C)C. The van der Waals surface area contributed by atoms with Crippen LogP contribution in [-0.2, 0) is 11.3 Å². The molecule has 1 atom stereocenters. The van der Waals surface area contributed by atoms with Crippen LogP contribution in [0, 0.1) is 12.8 Å². The number of aromatic nitrogens is 1. The van der Waals surface area contributed by atoms with Crippen molar-refractivity contribution in [2.45, 2.75) is 46.1 Å². The van der Waals surface area contributed by atoms with Crippen LogP contribution in [0.2, 0.25) is 0 Å². The van der Waals surface area contributed by atoms with E-state index in [2.05, 4.69) is 42.0 Å². The number of rotatable bonds is 5. The standard InChI is InChI=1S/C23H27N3O3S/c1-14(2)18-11-19-17(10-21(27)29-20(19)9-15(18)3)13-26-7-4-5-16(12-26)22(28)25-23-24-6-8-30-23/h6,8-11,14,16H,4-5,7,12-13H2,1-3H3,(H,24,25,28)/t16-/m1/s1. The van der Waals surface area contributed by atoms with Gasteiger partial charge in [0.25, 0.3) is 0 Å². The van der Waals surface area contributed by atoms with Gasteiger partial charge >= 0.3 is 5.63 Å². The maximum absolute atomic E-state index is 12.7. The molecule has 3 aromatic rings. The predicted molar refractivity (Wildman–Crippen MR) is 120 cm³/mol. The van der Waals surface area contributed by atoms with Gasteiger partial charge in [-0.15, -0.1) is 11.3 Å². The second kappa shape index (κ2) is 8.70. The lowest BCUT2D eigenvalue weighted by Crippen LogP contribution is -2.40. The smallest absolute Gasteiger partial charge is 0.336 e. The largest absolute Gasteiger partial charge is 0.423 e. The predicted octanol–water partition coefficient (Wildman–Crippen LogP) is 4.53. The number of piperidine rings is 1. The lowest BCUT2D eigenvalue weighted by atomic mass is 9.94. The highest BCUT2D eigenvalue weighted by molar-refractivity contribution is 7.13. The van der Waals surface area contributed by atoms with Gasteiger partial charge in [-0.2, -0.15) is 0 Å². The maximum Gasteiger partial charge on any atom is 0.336 e. The van der Waals surface area contributed by atoms with E-state index in [4.69, 9.17) is 4.42 Å². The van der Waals surface area contributed by atoms with E-state index in [1.807, 2.05) is 11.4 Å². The van der Waals surface area contributed by atoms with Gasteiger partial charge in [0.15, 0.2) is 5.13 Å². The third-order valence-corrected chi connectivity index (χ3v) is 6.46. The van der Waals surface area contributed by atoms with Gasteiger partial charge < -0.3 is 9.73 Å². The number of fused-ring (bicyclic) bond motifs is 1. The molecular formula is C23H27N3O3S. The highest BCUT2D eigenvalue weighted by atomic mass is 32.1. The fraction of sp³-hybridized carbons (Fsp3) is 0.435. The normalized spacial score (nSPS) is 17.5. The molecule has 1 aliphatic rings. The van der Waals surface area contributed by atoms with E-state index in [0.717, 1.165) is 35.9 Å². The summed E-state index contributed by atoms with van der Waals surface area (Å²) in [6.07, 6.45) is 3.50. The second-order valence-corrected chi connectivity index (χ2v) is 9.25. The molecule has 0 spiro atoms.